The average molecular weight is 1050 g/mol. The fourth-order valence-electron chi connectivity index (χ4n) is 7.38. The lowest BCUT2D eigenvalue weighted by atomic mass is 10.1. The van der Waals surface area contributed by atoms with Crippen molar-refractivity contribution in [2.45, 2.75) is 133 Å². The number of benzene rings is 1. The van der Waals surface area contributed by atoms with Crippen molar-refractivity contribution in [1.29, 1.82) is 5.26 Å². The topological polar surface area (TPSA) is 309 Å². The Morgan fingerprint density at radius 2 is 1.46 bits per heavy atom. The van der Waals surface area contributed by atoms with Crippen LogP contribution in [-0.4, -0.2) is 128 Å². The summed E-state index contributed by atoms with van der Waals surface area (Å²) in [4.78, 5) is 60.6. The number of nitrogens with one attached hydrogen (secondary N) is 2. The molecule has 2 saturated heterocycles. The molecule has 10 atom stereocenters. The van der Waals surface area contributed by atoms with Gasteiger partial charge in [0.25, 0.3) is 11.5 Å². The number of H-pyrrole nitrogens is 1. The van der Waals surface area contributed by atoms with Gasteiger partial charge in [0, 0.05) is 5.56 Å². The van der Waals surface area contributed by atoms with E-state index < -0.39 is 118 Å². The molecule has 7 rings (SSSR count). The van der Waals surface area contributed by atoms with Crippen molar-refractivity contribution < 1.29 is 60.3 Å². The Bertz CT molecular complexity index is 2830. The molecule has 0 bridgehead atoms. The quantitative estimate of drug-likeness (QED) is 0.0419. The van der Waals surface area contributed by atoms with Gasteiger partial charge in [-0.2, -0.15) is 5.26 Å². The van der Waals surface area contributed by atoms with Crippen LogP contribution in [0.4, 0.5) is 5.82 Å². The Balaban J connectivity index is 1.25. The molecule has 5 aromatic rings. The van der Waals surface area contributed by atoms with Crippen molar-refractivity contribution in [3.05, 3.63) is 71.6 Å². The highest BCUT2D eigenvalue weighted by molar-refractivity contribution is 7.48. The first-order valence-electron chi connectivity index (χ1n) is 22.4. The van der Waals surface area contributed by atoms with Crippen molar-refractivity contribution >= 4 is 66.8 Å². The van der Waals surface area contributed by atoms with E-state index in [-0.39, 0.29) is 39.6 Å². The largest absolute Gasteiger partial charge is 0.475 e. The Labute approximate surface area is 406 Å². The molecule has 0 saturated carbocycles. The zero-order chi connectivity index (χ0) is 51.0. The van der Waals surface area contributed by atoms with Crippen LogP contribution >= 0.6 is 16.1 Å². The van der Waals surface area contributed by atoms with E-state index in [1.54, 1.807) is 30.3 Å². The molecule has 28 heteroatoms. The minimum Gasteiger partial charge on any atom is -0.407 e. The van der Waals surface area contributed by atoms with Crippen LogP contribution in [0.1, 0.15) is 70.8 Å². The number of amides is 1. The van der Waals surface area contributed by atoms with Gasteiger partial charge in [-0.15, -0.1) is 0 Å². The summed E-state index contributed by atoms with van der Waals surface area (Å²) in [6.07, 6.45) is -5.03. The molecule has 4 aromatic heterocycles. The Hall–Kier alpha value is -4.43. The Kier molecular flexibility index (Phi) is 16.0. The number of nitrogens with zero attached hydrogens (tertiary/aromatic N) is 8. The highest BCUT2D eigenvalue weighted by Gasteiger charge is 2.56. The van der Waals surface area contributed by atoms with Gasteiger partial charge in [0.1, 0.15) is 43.0 Å². The fourth-order valence-corrected chi connectivity index (χ4v) is 11.9. The van der Waals surface area contributed by atoms with Crippen LogP contribution in [-0.2, 0) is 45.6 Å². The van der Waals surface area contributed by atoms with Gasteiger partial charge in [0.2, 0.25) is 0 Å². The van der Waals surface area contributed by atoms with E-state index >= 15 is 4.57 Å². The van der Waals surface area contributed by atoms with Crippen LogP contribution in [0.25, 0.3) is 22.3 Å². The standard InChI is InChI=1S/C42H60N10O14P2Si2/c1-41(2,3)69(7,8)65-32-30(63-67(56)57)27(62-39(32)51-23-48-28-34(44-21-45-35(28)51)50-37(54)25-15-12-11-13-16-25)20-60-68(58,59-18-14-17-43)64-31-26(19-53)61-40(33(31)66-70(9,10)42(4,5)6)52-24-49-29-36(52)46-22-47-38(29)55/h11-13,15-16,21-24,26-27,30-33,39-40,53,67H,14,18-20H2,1-10H3,(H,56,57)(H,46,47,55)(H,44,45,50,54)/t26?,27?,30-,31-,32-,33-,39?,40?,68?/m1/s1. The number of ether oxygens (including phenoxy) is 2. The Morgan fingerprint density at radius 1 is 0.871 bits per heavy atom. The van der Waals surface area contributed by atoms with E-state index in [2.05, 4.69) is 35.2 Å². The van der Waals surface area contributed by atoms with Crippen molar-refractivity contribution in [3.63, 3.8) is 0 Å². The summed E-state index contributed by atoms with van der Waals surface area (Å²) >= 11 is 0. The number of nitriles is 1. The SMILES string of the molecule is CC(C)(C)[Si](C)(C)O[C@H]1C(n2cnc3c(NC(=O)c4ccccc4)ncnc32)OC(COP(=O)(OCCC#N)O[C@@H]2C(CO)OC(n3cnc4c(=O)[nH]cnc43)[C@@H]2O[Si](C)(C)C(C)(C)C)[C@H]1O[PH](=O)O. The summed E-state index contributed by atoms with van der Waals surface area (Å²) in [6.45, 7) is 18.2. The van der Waals surface area contributed by atoms with Gasteiger partial charge in [0.05, 0.1) is 51.3 Å². The predicted octanol–water partition coefficient (Wildman–Crippen LogP) is 5.99. The number of fused-ring (bicyclic) bond motifs is 2. The van der Waals surface area contributed by atoms with E-state index in [1.165, 1.54) is 34.4 Å². The Morgan fingerprint density at radius 3 is 2.04 bits per heavy atom. The zero-order valence-electron chi connectivity index (χ0n) is 40.5. The van der Waals surface area contributed by atoms with Crippen LogP contribution in [0.5, 0.6) is 0 Å². The number of carbonyl (C=O) groups is 1. The number of rotatable bonds is 19. The van der Waals surface area contributed by atoms with Crippen LogP contribution in [0.2, 0.25) is 36.3 Å². The molecule has 2 aliphatic rings. The molecule has 4 N–H and O–H groups in total. The molecule has 1 aromatic carbocycles. The van der Waals surface area contributed by atoms with Gasteiger partial charge in [0.15, 0.2) is 57.2 Å². The first-order valence-corrected chi connectivity index (χ1v) is 31.0. The lowest BCUT2D eigenvalue weighted by Gasteiger charge is -2.41. The second-order valence-electron chi connectivity index (χ2n) is 19.8. The molecule has 24 nitrogen and oxygen atoms in total. The van der Waals surface area contributed by atoms with Crippen LogP contribution in [0.3, 0.4) is 0 Å². The van der Waals surface area contributed by atoms with E-state index in [0.717, 1.165) is 0 Å². The van der Waals surface area contributed by atoms with Gasteiger partial charge in [-0.3, -0.25) is 36.9 Å². The van der Waals surface area contributed by atoms with Crippen LogP contribution in [0, 0.1) is 11.3 Å². The third-order valence-corrected chi connectivity index (χ3v) is 24.0. The van der Waals surface area contributed by atoms with Crippen molar-refractivity contribution in [1.82, 2.24) is 39.0 Å². The van der Waals surface area contributed by atoms with Gasteiger partial charge in [-0.1, -0.05) is 59.7 Å². The van der Waals surface area contributed by atoms with Crippen molar-refractivity contribution in [2.75, 3.05) is 25.1 Å². The van der Waals surface area contributed by atoms with E-state index in [1.807, 2.05) is 73.8 Å². The number of aromatic nitrogens is 8. The van der Waals surface area contributed by atoms with Crippen LogP contribution in [0.15, 0.2) is 60.4 Å². The summed E-state index contributed by atoms with van der Waals surface area (Å²) in [7, 11) is -14.2. The van der Waals surface area contributed by atoms with E-state index in [0.29, 0.717) is 5.56 Å². The molecule has 0 spiro atoms. The second-order valence-corrected chi connectivity index (χ2v) is 31.7. The first-order chi connectivity index (χ1) is 32.9. The summed E-state index contributed by atoms with van der Waals surface area (Å²) in [5, 5.41) is 22.3. The maximum absolute atomic E-state index is 15.2. The number of anilines is 1. The number of aliphatic hydroxyl groups is 1. The summed E-state index contributed by atoms with van der Waals surface area (Å²) in [6, 6.07) is 10.5. The molecule has 6 heterocycles. The molecule has 2 aliphatic heterocycles. The molecule has 380 valence electrons. The minimum atomic E-state index is -4.90. The lowest BCUT2D eigenvalue weighted by molar-refractivity contribution is -0.0593. The normalized spacial score (nSPS) is 24.7. The maximum Gasteiger partial charge on any atom is 0.475 e. The molecular weight excluding hydrogens is 987 g/mol. The highest BCUT2D eigenvalue weighted by atomic mass is 31.2. The number of hydrogen-bond acceptors (Lipinski definition) is 19. The third kappa shape index (κ3) is 11.3. The summed E-state index contributed by atoms with van der Waals surface area (Å²) < 4.78 is 81.8. The number of phosphoric acid groups is 1. The fraction of sp³-hybridized carbons (Fsp3) is 0.571. The minimum absolute atomic E-state index is 0.00950. The lowest BCUT2D eigenvalue weighted by Crippen LogP contribution is -2.49. The third-order valence-electron chi connectivity index (χ3n) is 13.1. The molecule has 0 radical (unpaired) electrons. The van der Waals surface area contributed by atoms with Crippen molar-refractivity contribution in [2.24, 2.45) is 0 Å². The molecule has 6 unspecified atom stereocenters. The molecular formula is C42H60N10O14P2Si2. The second kappa shape index (κ2) is 21.0. The van der Waals surface area contributed by atoms with Gasteiger partial charge < -0.3 is 43.2 Å². The number of hydrogen-bond donors (Lipinski definition) is 4. The molecule has 0 aliphatic carbocycles. The van der Waals surface area contributed by atoms with Gasteiger partial charge >= 0.3 is 16.1 Å². The van der Waals surface area contributed by atoms with Gasteiger partial charge in [-0.25, -0.2) is 29.5 Å². The molecule has 70 heavy (non-hydrogen) atoms. The zero-order valence-corrected chi connectivity index (χ0v) is 44.4. The smallest absolute Gasteiger partial charge is 0.407 e. The molecule has 2 fully saturated rings. The number of imidazole rings is 2. The monoisotopic (exact) mass is 1050 g/mol. The van der Waals surface area contributed by atoms with E-state index in [9.17, 15) is 29.4 Å². The number of carbonyl (C=O) groups excluding carboxylic acids is 1. The number of phosphoric ester groups is 1. The maximum atomic E-state index is 15.2. The molecule has 1 amide bonds. The number of aromatic amines is 1. The first kappa shape index (κ1) is 53.4. The van der Waals surface area contributed by atoms with Crippen molar-refractivity contribution in [3.8, 4) is 6.07 Å². The predicted molar refractivity (Wildman–Crippen MR) is 258 cm³/mol. The average Bonchev–Trinajstić information content (AvgIpc) is 4.07. The summed E-state index contributed by atoms with van der Waals surface area (Å²) in [5.74, 6) is -0.347. The van der Waals surface area contributed by atoms with E-state index in [4.69, 9.17) is 36.4 Å². The van der Waals surface area contributed by atoms with Crippen LogP contribution < -0.4 is 10.9 Å². The number of aliphatic hydroxyl groups excluding tert-OH is 1. The van der Waals surface area contributed by atoms with Gasteiger partial charge in [-0.05, 0) is 48.4 Å². The highest BCUT2D eigenvalue weighted by Crippen LogP contribution is 2.56. The summed E-state index contributed by atoms with van der Waals surface area (Å²) in [5.41, 5.74) is 0.407.